The Kier molecular flexibility index (Phi) is 4.70. The molecule has 128 valence electrons. The Morgan fingerprint density at radius 3 is 2.52 bits per heavy atom. The van der Waals surface area contributed by atoms with Crippen LogP contribution in [0, 0.1) is 6.92 Å². The van der Waals surface area contributed by atoms with Crippen molar-refractivity contribution in [2.24, 2.45) is 0 Å². The van der Waals surface area contributed by atoms with E-state index in [9.17, 15) is 9.59 Å². The molecule has 0 bridgehead atoms. The maximum atomic E-state index is 12.2. The molecule has 0 unspecified atom stereocenters. The molecule has 0 saturated heterocycles. The van der Waals surface area contributed by atoms with Crippen molar-refractivity contribution in [1.82, 2.24) is 0 Å². The number of anilines is 2. The lowest BCUT2D eigenvalue weighted by molar-refractivity contribution is -0.118. The maximum Gasteiger partial charge on any atom is 0.362 e. The number of carbonyl (C=O) groups excluding carboxylic acids is 1. The second-order valence-electron chi connectivity index (χ2n) is 5.54. The monoisotopic (exact) mass is 338 g/mol. The average molecular weight is 338 g/mol. The molecule has 1 amide bonds. The van der Waals surface area contributed by atoms with Gasteiger partial charge in [-0.05, 0) is 31.2 Å². The second kappa shape index (κ2) is 7.09. The van der Waals surface area contributed by atoms with Crippen molar-refractivity contribution < 1.29 is 13.9 Å². The molecular formula is C19H18N2O4. The van der Waals surface area contributed by atoms with Crippen molar-refractivity contribution >= 4 is 28.3 Å². The summed E-state index contributed by atoms with van der Waals surface area (Å²) < 4.78 is 10.7. The van der Waals surface area contributed by atoms with E-state index in [2.05, 4.69) is 10.6 Å². The van der Waals surface area contributed by atoms with E-state index in [1.807, 2.05) is 31.2 Å². The Hall–Kier alpha value is -3.28. The lowest BCUT2D eigenvalue weighted by Crippen LogP contribution is -2.24. The van der Waals surface area contributed by atoms with Crippen LogP contribution in [-0.2, 0) is 4.79 Å². The molecule has 1 heterocycles. The number of carbonyl (C=O) groups is 1. The molecule has 3 aromatic rings. The molecule has 0 spiro atoms. The number of para-hydroxylation sites is 1. The molecule has 0 aliphatic carbocycles. The highest BCUT2D eigenvalue weighted by molar-refractivity contribution is 6.02. The molecule has 6 nitrogen and oxygen atoms in total. The van der Waals surface area contributed by atoms with E-state index >= 15 is 0 Å². The first-order valence-electron chi connectivity index (χ1n) is 7.81. The minimum atomic E-state index is -0.619. The number of amides is 1. The SMILES string of the molecule is CNc1c(NC(=O)COc2ccc(C)cc2)c(=O)oc2ccccc12. The van der Waals surface area contributed by atoms with Crippen LogP contribution in [0.1, 0.15) is 5.56 Å². The molecule has 0 aliphatic heterocycles. The third-order valence-electron chi connectivity index (χ3n) is 3.72. The lowest BCUT2D eigenvalue weighted by atomic mass is 10.2. The van der Waals surface area contributed by atoms with Gasteiger partial charge in [-0.25, -0.2) is 4.79 Å². The number of fused-ring (bicyclic) bond motifs is 1. The fourth-order valence-electron chi connectivity index (χ4n) is 2.48. The highest BCUT2D eigenvalue weighted by atomic mass is 16.5. The van der Waals surface area contributed by atoms with Crippen molar-refractivity contribution in [3.63, 3.8) is 0 Å². The number of aryl methyl sites for hydroxylation is 1. The van der Waals surface area contributed by atoms with Gasteiger partial charge in [0.05, 0.1) is 5.69 Å². The summed E-state index contributed by atoms with van der Waals surface area (Å²) in [5, 5.41) is 6.23. The normalized spacial score (nSPS) is 10.5. The van der Waals surface area contributed by atoms with Gasteiger partial charge in [-0.3, -0.25) is 4.79 Å². The third kappa shape index (κ3) is 3.63. The summed E-state index contributed by atoms with van der Waals surface area (Å²) >= 11 is 0. The van der Waals surface area contributed by atoms with E-state index in [-0.39, 0.29) is 12.3 Å². The summed E-state index contributed by atoms with van der Waals surface area (Å²) in [7, 11) is 1.68. The van der Waals surface area contributed by atoms with Crippen LogP contribution in [0.5, 0.6) is 5.75 Å². The molecule has 1 aromatic heterocycles. The second-order valence-corrected chi connectivity index (χ2v) is 5.54. The zero-order valence-corrected chi connectivity index (χ0v) is 14.0. The summed E-state index contributed by atoms with van der Waals surface area (Å²) in [5.41, 5.74) is 1.51. The minimum absolute atomic E-state index is 0.0682. The summed E-state index contributed by atoms with van der Waals surface area (Å²) in [6.45, 7) is 1.76. The Labute approximate surface area is 144 Å². The number of ether oxygens (including phenoxy) is 1. The highest BCUT2D eigenvalue weighted by Crippen LogP contribution is 2.27. The topological polar surface area (TPSA) is 80.6 Å². The van der Waals surface area contributed by atoms with Crippen LogP contribution in [0.15, 0.2) is 57.7 Å². The van der Waals surface area contributed by atoms with Gasteiger partial charge in [-0.1, -0.05) is 29.8 Å². The van der Waals surface area contributed by atoms with E-state index in [1.165, 1.54) is 0 Å². The lowest BCUT2D eigenvalue weighted by Gasteiger charge is -2.12. The van der Waals surface area contributed by atoms with Gasteiger partial charge in [-0.15, -0.1) is 0 Å². The third-order valence-corrected chi connectivity index (χ3v) is 3.72. The van der Waals surface area contributed by atoms with Gasteiger partial charge in [0, 0.05) is 12.4 Å². The molecular weight excluding hydrogens is 320 g/mol. The van der Waals surface area contributed by atoms with Crippen molar-refractivity contribution in [3.05, 3.63) is 64.5 Å². The predicted octanol–water partition coefficient (Wildman–Crippen LogP) is 3.16. The van der Waals surface area contributed by atoms with Gasteiger partial charge in [0.2, 0.25) is 0 Å². The summed E-state index contributed by atoms with van der Waals surface area (Å²) in [6, 6.07) is 14.5. The molecule has 0 fully saturated rings. The number of nitrogens with one attached hydrogen (secondary N) is 2. The van der Waals surface area contributed by atoms with Crippen LogP contribution in [0.25, 0.3) is 11.0 Å². The molecule has 25 heavy (non-hydrogen) atoms. The zero-order chi connectivity index (χ0) is 17.8. The maximum absolute atomic E-state index is 12.2. The molecule has 0 saturated carbocycles. The van der Waals surface area contributed by atoms with Gasteiger partial charge in [0.25, 0.3) is 5.91 Å². The molecule has 0 atom stereocenters. The van der Waals surface area contributed by atoms with Gasteiger partial charge in [0.15, 0.2) is 12.3 Å². The molecule has 0 aliphatic rings. The standard InChI is InChI=1S/C19H18N2O4/c1-12-7-9-13(10-8-12)24-11-16(22)21-18-17(20-2)14-5-3-4-6-15(14)25-19(18)23/h3-10,20H,11H2,1-2H3,(H,21,22). The Morgan fingerprint density at radius 2 is 1.80 bits per heavy atom. The molecule has 3 rings (SSSR count). The number of hydrogen-bond acceptors (Lipinski definition) is 5. The molecule has 0 radical (unpaired) electrons. The van der Waals surface area contributed by atoms with Crippen molar-refractivity contribution in [2.75, 3.05) is 24.3 Å². The van der Waals surface area contributed by atoms with E-state index in [0.29, 0.717) is 22.4 Å². The van der Waals surface area contributed by atoms with Gasteiger partial charge < -0.3 is 19.8 Å². The smallest absolute Gasteiger partial charge is 0.362 e. The van der Waals surface area contributed by atoms with Crippen molar-refractivity contribution in [2.45, 2.75) is 6.92 Å². The quantitative estimate of drug-likeness (QED) is 0.699. The first-order chi connectivity index (χ1) is 12.1. The largest absolute Gasteiger partial charge is 0.484 e. The van der Waals surface area contributed by atoms with Crippen LogP contribution in [0.4, 0.5) is 11.4 Å². The number of hydrogen-bond donors (Lipinski definition) is 2. The van der Waals surface area contributed by atoms with Crippen molar-refractivity contribution in [1.29, 1.82) is 0 Å². The molecule has 6 heteroatoms. The fourth-order valence-corrected chi connectivity index (χ4v) is 2.48. The fraction of sp³-hybridized carbons (Fsp3) is 0.158. The first kappa shape index (κ1) is 16.6. The van der Waals surface area contributed by atoms with Crippen LogP contribution in [0.2, 0.25) is 0 Å². The Balaban J connectivity index is 1.80. The Morgan fingerprint density at radius 1 is 1.08 bits per heavy atom. The first-order valence-corrected chi connectivity index (χ1v) is 7.81. The number of benzene rings is 2. The Bertz CT molecular complexity index is 961. The van der Waals surface area contributed by atoms with E-state index < -0.39 is 11.5 Å². The van der Waals surface area contributed by atoms with Gasteiger partial charge in [0.1, 0.15) is 11.3 Å². The van der Waals surface area contributed by atoms with Crippen LogP contribution in [-0.4, -0.2) is 19.6 Å². The van der Waals surface area contributed by atoms with E-state index in [0.717, 1.165) is 5.56 Å². The minimum Gasteiger partial charge on any atom is -0.484 e. The van der Waals surface area contributed by atoms with E-state index in [1.54, 1.807) is 31.3 Å². The summed E-state index contributed by atoms with van der Waals surface area (Å²) in [6.07, 6.45) is 0. The highest BCUT2D eigenvalue weighted by Gasteiger charge is 2.16. The van der Waals surface area contributed by atoms with Crippen LogP contribution in [0.3, 0.4) is 0 Å². The number of rotatable bonds is 5. The predicted molar refractivity (Wildman–Crippen MR) is 97.3 cm³/mol. The summed E-state index contributed by atoms with van der Waals surface area (Å²) in [4.78, 5) is 24.4. The molecule has 2 N–H and O–H groups in total. The molecule has 2 aromatic carbocycles. The average Bonchev–Trinajstić information content (AvgIpc) is 2.62. The van der Waals surface area contributed by atoms with Gasteiger partial charge >= 0.3 is 5.63 Å². The summed E-state index contributed by atoms with van der Waals surface area (Å²) in [5.74, 6) is 0.139. The van der Waals surface area contributed by atoms with Crippen LogP contribution < -0.4 is 21.0 Å². The van der Waals surface area contributed by atoms with E-state index in [4.69, 9.17) is 9.15 Å². The van der Waals surface area contributed by atoms with Crippen LogP contribution >= 0.6 is 0 Å². The zero-order valence-electron chi connectivity index (χ0n) is 14.0. The van der Waals surface area contributed by atoms with Gasteiger partial charge in [-0.2, -0.15) is 0 Å². The van der Waals surface area contributed by atoms with Crippen molar-refractivity contribution in [3.8, 4) is 5.75 Å².